The van der Waals surface area contributed by atoms with Gasteiger partial charge in [0.1, 0.15) is 0 Å². The SMILES string of the molecule is OB(O)O.[SiH4].[Ti]. The predicted molar refractivity (Wildman–Crippen MR) is 23.7 cm³/mol. The summed E-state index contributed by atoms with van der Waals surface area (Å²) < 4.78 is 0. The van der Waals surface area contributed by atoms with Crippen LogP contribution in [0.5, 0.6) is 0 Å². The van der Waals surface area contributed by atoms with Gasteiger partial charge in [0, 0.05) is 21.7 Å². The molecular formula is H7BO3SiTi. The number of rotatable bonds is 0. The Kier molecular flexibility index (Phi) is 24.5. The first-order valence-electron chi connectivity index (χ1n) is 0.775. The molecule has 0 saturated heterocycles. The molecule has 36 valence electrons. The third-order valence-corrected chi connectivity index (χ3v) is 0. The van der Waals surface area contributed by atoms with Gasteiger partial charge < -0.3 is 15.1 Å². The minimum absolute atomic E-state index is 0. The second-order valence-electron chi connectivity index (χ2n) is 0.346. The molecule has 0 aromatic carbocycles. The van der Waals surface area contributed by atoms with Gasteiger partial charge in [0.25, 0.3) is 0 Å². The first-order valence-corrected chi connectivity index (χ1v) is 0.775. The minimum atomic E-state index is -2.17. The zero-order valence-corrected chi connectivity index (χ0v) is 3.98. The van der Waals surface area contributed by atoms with Crippen LogP contribution in [0.3, 0.4) is 0 Å². The van der Waals surface area contributed by atoms with E-state index >= 15 is 0 Å². The summed E-state index contributed by atoms with van der Waals surface area (Å²) in [5, 5.41) is 21.5. The van der Waals surface area contributed by atoms with E-state index in [0.717, 1.165) is 0 Å². The maximum Gasteiger partial charge on any atom is 0.631 e. The molecule has 0 spiro atoms. The molecule has 0 aromatic heterocycles. The van der Waals surface area contributed by atoms with Crippen molar-refractivity contribution in [2.45, 2.75) is 0 Å². The van der Waals surface area contributed by atoms with Crippen LogP contribution in [-0.2, 0) is 21.7 Å². The molecule has 0 bridgehead atoms. The maximum absolute atomic E-state index is 7.17. The molecule has 0 atom stereocenters. The van der Waals surface area contributed by atoms with Crippen molar-refractivity contribution in [2.75, 3.05) is 0 Å². The smallest absolute Gasteiger partial charge is 0.402 e. The van der Waals surface area contributed by atoms with Crippen LogP contribution < -0.4 is 0 Å². The number of hydrogen-bond acceptors (Lipinski definition) is 3. The van der Waals surface area contributed by atoms with Crippen molar-refractivity contribution in [3.63, 3.8) is 0 Å². The van der Waals surface area contributed by atoms with E-state index < -0.39 is 7.32 Å². The fourth-order valence-electron chi connectivity index (χ4n) is 0. The van der Waals surface area contributed by atoms with E-state index in [4.69, 9.17) is 15.1 Å². The van der Waals surface area contributed by atoms with Crippen molar-refractivity contribution in [1.29, 1.82) is 0 Å². The molecule has 0 radical (unpaired) electrons. The van der Waals surface area contributed by atoms with Crippen LogP contribution in [0.4, 0.5) is 0 Å². The topological polar surface area (TPSA) is 60.7 Å². The van der Waals surface area contributed by atoms with E-state index in [2.05, 4.69) is 0 Å². The van der Waals surface area contributed by atoms with Gasteiger partial charge in [-0.3, -0.25) is 0 Å². The Morgan fingerprint density at radius 1 is 1.00 bits per heavy atom. The van der Waals surface area contributed by atoms with Crippen LogP contribution in [0.25, 0.3) is 0 Å². The molecule has 6 heteroatoms. The van der Waals surface area contributed by atoms with Gasteiger partial charge in [-0.1, -0.05) is 0 Å². The molecule has 0 aliphatic rings. The molecule has 0 heterocycles. The predicted octanol–water partition coefficient (Wildman–Crippen LogP) is -3.51. The first-order chi connectivity index (χ1) is 1.73. The summed E-state index contributed by atoms with van der Waals surface area (Å²) in [7, 11) is -2.17. The Morgan fingerprint density at radius 2 is 1.00 bits per heavy atom. The molecule has 0 aliphatic carbocycles. The first kappa shape index (κ1) is 15.8. The fraction of sp³-hybridized carbons (Fsp3) is 0. The summed E-state index contributed by atoms with van der Waals surface area (Å²) in [6.07, 6.45) is 0. The molecular weight excluding hydrogens is 135 g/mol. The van der Waals surface area contributed by atoms with Crippen LogP contribution in [0.2, 0.25) is 0 Å². The van der Waals surface area contributed by atoms with E-state index in [9.17, 15) is 0 Å². The van der Waals surface area contributed by atoms with Gasteiger partial charge in [0.05, 0.1) is 0 Å². The Balaban J connectivity index is -0.0000000450. The second-order valence-corrected chi connectivity index (χ2v) is 0.346. The molecule has 0 aromatic rings. The summed E-state index contributed by atoms with van der Waals surface area (Å²) in [6, 6.07) is 0. The van der Waals surface area contributed by atoms with Crippen LogP contribution in [0, 0.1) is 0 Å². The Bertz CT molecular complexity index is 15.5. The Morgan fingerprint density at radius 3 is 1.00 bits per heavy atom. The van der Waals surface area contributed by atoms with E-state index in [1.54, 1.807) is 0 Å². The van der Waals surface area contributed by atoms with Crippen molar-refractivity contribution < 1.29 is 36.8 Å². The molecule has 0 fully saturated rings. The molecule has 3 N–H and O–H groups in total. The molecule has 3 nitrogen and oxygen atoms in total. The van der Waals surface area contributed by atoms with Gasteiger partial charge in [0.15, 0.2) is 0 Å². The average Bonchev–Trinajstić information content (AvgIpc) is 0.811. The minimum Gasteiger partial charge on any atom is -0.402 e. The Labute approximate surface area is 55.5 Å². The van der Waals surface area contributed by atoms with Gasteiger partial charge >= 0.3 is 7.32 Å². The molecule has 0 amide bonds. The summed E-state index contributed by atoms with van der Waals surface area (Å²) in [6.45, 7) is 0. The molecule has 0 saturated carbocycles. The van der Waals surface area contributed by atoms with E-state index in [0.29, 0.717) is 0 Å². The summed E-state index contributed by atoms with van der Waals surface area (Å²) >= 11 is 0. The quantitative estimate of drug-likeness (QED) is 0.307. The van der Waals surface area contributed by atoms with Crippen LogP contribution in [0.15, 0.2) is 0 Å². The largest absolute Gasteiger partial charge is 0.631 e. The van der Waals surface area contributed by atoms with Crippen molar-refractivity contribution in [2.24, 2.45) is 0 Å². The summed E-state index contributed by atoms with van der Waals surface area (Å²) in [4.78, 5) is 0. The third kappa shape index (κ3) is 95.4. The van der Waals surface area contributed by atoms with Crippen LogP contribution in [-0.4, -0.2) is 33.4 Å². The van der Waals surface area contributed by atoms with Gasteiger partial charge in [-0.2, -0.15) is 0 Å². The summed E-state index contributed by atoms with van der Waals surface area (Å²) in [5.41, 5.74) is 0. The van der Waals surface area contributed by atoms with E-state index in [1.807, 2.05) is 0 Å². The monoisotopic (exact) mass is 142 g/mol. The van der Waals surface area contributed by atoms with Crippen molar-refractivity contribution in [3.05, 3.63) is 0 Å². The third-order valence-electron chi connectivity index (χ3n) is 0. The average molecular weight is 142 g/mol. The van der Waals surface area contributed by atoms with E-state index in [1.165, 1.54) is 0 Å². The molecule has 0 rings (SSSR count). The molecule has 6 heavy (non-hydrogen) atoms. The zero-order chi connectivity index (χ0) is 3.58. The van der Waals surface area contributed by atoms with Crippen molar-refractivity contribution >= 4 is 18.3 Å². The zero-order valence-electron chi connectivity index (χ0n) is 2.42. The normalized spacial score (nSPS) is 4.50. The standard InChI is InChI=1S/BH3O3.H4Si.Ti/c2-1(3)4;;/h2-4H;1H4;. The van der Waals surface area contributed by atoms with Gasteiger partial charge in [-0.25, -0.2) is 0 Å². The van der Waals surface area contributed by atoms with Crippen molar-refractivity contribution in [3.8, 4) is 0 Å². The summed E-state index contributed by atoms with van der Waals surface area (Å²) in [5.74, 6) is 0. The van der Waals surface area contributed by atoms with Crippen LogP contribution >= 0.6 is 0 Å². The van der Waals surface area contributed by atoms with Crippen molar-refractivity contribution in [1.82, 2.24) is 0 Å². The van der Waals surface area contributed by atoms with Crippen LogP contribution in [0.1, 0.15) is 0 Å². The molecule has 0 unspecified atom stereocenters. The van der Waals surface area contributed by atoms with Gasteiger partial charge in [0.2, 0.25) is 0 Å². The number of hydrogen-bond donors (Lipinski definition) is 3. The fourth-order valence-corrected chi connectivity index (χ4v) is 0. The Hall–Kier alpha value is 0.876. The van der Waals surface area contributed by atoms with Gasteiger partial charge in [-0.15, -0.1) is 0 Å². The van der Waals surface area contributed by atoms with Gasteiger partial charge in [-0.05, 0) is 11.0 Å². The maximum atomic E-state index is 7.17. The second kappa shape index (κ2) is 9.30. The van der Waals surface area contributed by atoms with E-state index in [-0.39, 0.29) is 32.7 Å². The molecule has 0 aliphatic heterocycles.